The Morgan fingerprint density at radius 3 is 2.58 bits per heavy atom. The van der Waals surface area contributed by atoms with Crippen LogP contribution in [0.25, 0.3) is 0 Å². The van der Waals surface area contributed by atoms with Gasteiger partial charge in [-0.05, 0) is 29.8 Å². The summed E-state index contributed by atoms with van der Waals surface area (Å²) in [6.45, 7) is 0.973. The third kappa shape index (κ3) is 4.02. The number of ether oxygens (including phenoxy) is 1. The largest absolute Gasteiger partial charge is 0.439 e. The van der Waals surface area contributed by atoms with Crippen LogP contribution in [0.4, 0.5) is 13.2 Å². The molecule has 1 aliphatic rings. The molecule has 0 spiro atoms. The van der Waals surface area contributed by atoms with Gasteiger partial charge in [-0.15, -0.1) is 0 Å². The molecule has 2 aromatic rings. The fourth-order valence-electron chi connectivity index (χ4n) is 2.51. The summed E-state index contributed by atoms with van der Waals surface area (Å²) >= 11 is 0. The summed E-state index contributed by atoms with van der Waals surface area (Å²) in [6.07, 6.45) is -0.831. The van der Waals surface area contributed by atoms with E-state index in [0.717, 1.165) is 6.07 Å². The number of carbonyl (C=O) groups excluding carboxylic acids is 1. The predicted molar refractivity (Wildman–Crippen MR) is 88.7 cm³/mol. The van der Waals surface area contributed by atoms with Gasteiger partial charge in [0.2, 0.25) is 5.88 Å². The number of rotatable bonds is 4. The summed E-state index contributed by atoms with van der Waals surface area (Å²) in [6, 6.07) is 8.47. The standard InChI is InChI=1S/C18H16F3N3O2/c19-18(20,21)15-8-12(11-22)9-16(23-15)26-14-5-3-4-13(10-14)17(25)24-6-1-2-7-24/h1-5,8-10H,6-7,11,22H2. The maximum absolute atomic E-state index is 13.0. The van der Waals surface area contributed by atoms with Gasteiger partial charge in [0, 0.05) is 31.3 Å². The first-order valence-corrected chi connectivity index (χ1v) is 7.87. The highest BCUT2D eigenvalue weighted by Gasteiger charge is 2.33. The van der Waals surface area contributed by atoms with Gasteiger partial charge in [0.25, 0.3) is 5.91 Å². The van der Waals surface area contributed by atoms with E-state index in [1.165, 1.54) is 12.1 Å². The lowest BCUT2D eigenvalue weighted by atomic mass is 10.2. The van der Waals surface area contributed by atoms with Gasteiger partial charge in [0.1, 0.15) is 11.4 Å². The number of hydrogen-bond donors (Lipinski definition) is 1. The van der Waals surface area contributed by atoms with Crippen molar-refractivity contribution in [3.63, 3.8) is 0 Å². The fourth-order valence-corrected chi connectivity index (χ4v) is 2.51. The monoisotopic (exact) mass is 363 g/mol. The molecule has 1 aliphatic heterocycles. The van der Waals surface area contributed by atoms with E-state index in [2.05, 4.69) is 4.98 Å². The maximum atomic E-state index is 13.0. The molecule has 3 rings (SSSR count). The zero-order valence-corrected chi connectivity index (χ0v) is 13.7. The molecule has 1 aromatic carbocycles. The van der Waals surface area contributed by atoms with Crippen LogP contribution in [0, 0.1) is 0 Å². The Morgan fingerprint density at radius 1 is 1.19 bits per heavy atom. The van der Waals surface area contributed by atoms with Crippen LogP contribution in [0.15, 0.2) is 48.6 Å². The molecule has 0 fully saturated rings. The number of alkyl halides is 3. The van der Waals surface area contributed by atoms with Gasteiger partial charge < -0.3 is 15.4 Å². The molecule has 1 aromatic heterocycles. The number of hydrogen-bond acceptors (Lipinski definition) is 4. The van der Waals surface area contributed by atoms with Crippen molar-refractivity contribution in [3.05, 3.63) is 65.4 Å². The van der Waals surface area contributed by atoms with E-state index in [1.54, 1.807) is 23.1 Å². The van der Waals surface area contributed by atoms with E-state index in [0.29, 0.717) is 18.7 Å². The van der Waals surface area contributed by atoms with Crippen LogP contribution < -0.4 is 10.5 Å². The number of pyridine rings is 1. The Morgan fingerprint density at radius 2 is 1.92 bits per heavy atom. The van der Waals surface area contributed by atoms with Crippen molar-refractivity contribution in [3.8, 4) is 11.6 Å². The first-order valence-electron chi connectivity index (χ1n) is 7.87. The molecule has 0 saturated heterocycles. The summed E-state index contributed by atoms with van der Waals surface area (Å²) in [7, 11) is 0. The second kappa shape index (κ2) is 7.17. The Bertz CT molecular complexity index is 842. The van der Waals surface area contributed by atoms with Gasteiger partial charge >= 0.3 is 6.18 Å². The number of halogens is 3. The highest BCUT2D eigenvalue weighted by molar-refractivity contribution is 5.95. The zero-order chi connectivity index (χ0) is 18.7. The third-order valence-corrected chi connectivity index (χ3v) is 3.80. The Labute approximate surface area is 147 Å². The van der Waals surface area contributed by atoms with E-state index in [4.69, 9.17) is 10.5 Å². The molecule has 136 valence electrons. The van der Waals surface area contributed by atoms with E-state index >= 15 is 0 Å². The SMILES string of the molecule is NCc1cc(Oc2cccc(C(=O)N3CC=CC3)c2)nc(C(F)(F)F)c1. The summed E-state index contributed by atoms with van der Waals surface area (Å²) in [5.74, 6) is -0.189. The van der Waals surface area contributed by atoms with E-state index in [9.17, 15) is 18.0 Å². The molecular formula is C18H16F3N3O2. The number of carbonyl (C=O) groups is 1. The predicted octanol–water partition coefficient (Wildman–Crippen LogP) is 3.36. The van der Waals surface area contributed by atoms with Crippen molar-refractivity contribution >= 4 is 5.91 Å². The molecule has 0 aliphatic carbocycles. The van der Waals surface area contributed by atoms with Crippen molar-refractivity contribution in [2.45, 2.75) is 12.7 Å². The molecule has 1 amide bonds. The van der Waals surface area contributed by atoms with Crippen LogP contribution in [0.1, 0.15) is 21.6 Å². The van der Waals surface area contributed by atoms with Crippen molar-refractivity contribution in [2.75, 3.05) is 13.1 Å². The average Bonchev–Trinajstić information content (AvgIpc) is 3.15. The number of nitrogens with two attached hydrogens (primary N) is 1. The van der Waals surface area contributed by atoms with Crippen molar-refractivity contribution in [2.24, 2.45) is 5.73 Å². The number of nitrogens with zero attached hydrogens (tertiary/aromatic N) is 2. The molecule has 2 heterocycles. The molecule has 2 N–H and O–H groups in total. The Kier molecular flexibility index (Phi) is 4.94. The molecule has 5 nitrogen and oxygen atoms in total. The first kappa shape index (κ1) is 17.9. The molecule has 8 heteroatoms. The minimum atomic E-state index is -4.61. The van der Waals surface area contributed by atoms with E-state index < -0.39 is 11.9 Å². The number of amides is 1. The third-order valence-electron chi connectivity index (χ3n) is 3.80. The lowest BCUT2D eigenvalue weighted by Crippen LogP contribution is -2.28. The average molecular weight is 363 g/mol. The lowest BCUT2D eigenvalue weighted by Gasteiger charge is -2.16. The van der Waals surface area contributed by atoms with Gasteiger partial charge in [-0.1, -0.05) is 18.2 Å². The van der Waals surface area contributed by atoms with Crippen molar-refractivity contribution in [1.29, 1.82) is 0 Å². The van der Waals surface area contributed by atoms with Crippen LogP contribution in [-0.4, -0.2) is 28.9 Å². The molecule has 0 unspecified atom stereocenters. The number of benzene rings is 1. The summed E-state index contributed by atoms with van der Waals surface area (Å²) < 4.78 is 44.3. The van der Waals surface area contributed by atoms with Crippen LogP contribution in [0.5, 0.6) is 11.6 Å². The highest BCUT2D eigenvalue weighted by atomic mass is 19.4. The van der Waals surface area contributed by atoms with Gasteiger partial charge in [-0.25, -0.2) is 4.98 Å². The number of aromatic nitrogens is 1. The van der Waals surface area contributed by atoms with Gasteiger partial charge in [-0.2, -0.15) is 13.2 Å². The first-order chi connectivity index (χ1) is 12.4. The zero-order valence-electron chi connectivity index (χ0n) is 13.7. The van der Waals surface area contributed by atoms with Gasteiger partial charge in [0.15, 0.2) is 0 Å². The summed E-state index contributed by atoms with van der Waals surface area (Å²) in [4.78, 5) is 17.5. The van der Waals surface area contributed by atoms with Crippen LogP contribution >= 0.6 is 0 Å². The van der Waals surface area contributed by atoms with Gasteiger partial charge in [0.05, 0.1) is 0 Å². The second-order valence-electron chi connectivity index (χ2n) is 5.71. The maximum Gasteiger partial charge on any atom is 0.433 e. The minimum absolute atomic E-state index is 0.0809. The summed E-state index contributed by atoms with van der Waals surface area (Å²) in [5.41, 5.74) is 5.01. The highest BCUT2D eigenvalue weighted by Crippen LogP contribution is 2.31. The summed E-state index contributed by atoms with van der Waals surface area (Å²) in [5, 5.41) is 0. The second-order valence-corrected chi connectivity index (χ2v) is 5.71. The van der Waals surface area contributed by atoms with Crippen LogP contribution in [0.3, 0.4) is 0 Å². The molecule has 0 atom stereocenters. The van der Waals surface area contributed by atoms with E-state index in [1.807, 2.05) is 12.2 Å². The van der Waals surface area contributed by atoms with Crippen LogP contribution in [0.2, 0.25) is 0 Å². The van der Waals surface area contributed by atoms with E-state index in [-0.39, 0.29) is 29.6 Å². The molecule has 0 bridgehead atoms. The Balaban J connectivity index is 1.85. The molecule has 0 radical (unpaired) electrons. The topological polar surface area (TPSA) is 68.5 Å². The fraction of sp³-hybridized carbons (Fsp3) is 0.222. The quantitative estimate of drug-likeness (QED) is 0.846. The Hall–Kier alpha value is -2.87. The molecular weight excluding hydrogens is 347 g/mol. The van der Waals surface area contributed by atoms with Crippen LogP contribution in [-0.2, 0) is 12.7 Å². The minimum Gasteiger partial charge on any atom is -0.439 e. The van der Waals surface area contributed by atoms with Gasteiger partial charge in [-0.3, -0.25) is 4.79 Å². The normalized spacial score (nSPS) is 13.9. The van der Waals surface area contributed by atoms with Crippen molar-refractivity contribution in [1.82, 2.24) is 9.88 Å². The smallest absolute Gasteiger partial charge is 0.433 e. The lowest BCUT2D eigenvalue weighted by molar-refractivity contribution is -0.141. The molecule has 0 saturated carbocycles. The molecule has 26 heavy (non-hydrogen) atoms. The van der Waals surface area contributed by atoms with Crippen molar-refractivity contribution < 1.29 is 22.7 Å².